The first-order valence-corrected chi connectivity index (χ1v) is 6.92. The van der Waals surface area contributed by atoms with Gasteiger partial charge in [0.15, 0.2) is 0 Å². The van der Waals surface area contributed by atoms with Gasteiger partial charge in [0, 0.05) is 32.2 Å². The molecule has 2 atom stereocenters. The molecule has 4 nitrogen and oxygen atoms in total. The Bertz CT molecular complexity index is 358. The summed E-state index contributed by atoms with van der Waals surface area (Å²) in [5.74, 6) is 0.143. The lowest BCUT2D eigenvalue weighted by Gasteiger charge is -2.32. The first-order valence-electron chi connectivity index (χ1n) is 6.92. The number of aliphatic hydroxyl groups is 2. The van der Waals surface area contributed by atoms with Gasteiger partial charge in [-0.05, 0) is 12.0 Å². The van der Waals surface area contributed by atoms with Gasteiger partial charge in [0.1, 0.15) is 0 Å². The fourth-order valence-electron chi connectivity index (χ4n) is 2.51. The zero-order valence-electron chi connectivity index (χ0n) is 11.2. The van der Waals surface area contributed by atoms with E-state index in [2.05, 4.69) is 17.0 Å². The Morgan fingerprint density at radius 3 is 2.74 bits per heavy atom. The summed E-state index contributed by atoms with van der Waals surface area (Å²) < 4.78 is 5.43. The molecule has 1 aliphatic heterocycles. The Kier molecular flexibility index (Phi) is 5.79. The molecule has 1 aromatic carbocycles. The van der Waals surface area contributed by atoms with Gasteiger partial charge in [-0.3, -0.25) is 4.90 Å². The van der Waals surface area contributed by atoms with E-state index >= 15 is 0 Å². The number of benzene rings is 1. The zero-order valence-corrected chi connectivity index (χ0v) is 11.2. The second-order valence-corrected chi connectivity index (χ2v) is 5.14. The average Bonchev–Trinajstić information content (AvgIpc) is 2.43. The van der Waals surface area contributed by atoms with E-state index in [1.807, 2.05) is 18.2 Å². The molecule has 2 unspecified atom stereocenters. The quantitative estimate of drug-likeness (QED) is 0.801. The van der Waals surface area contributed by atoms with Crippen LogP contribution in [0.3, 0.4) is 0 Å². The first kappa shape index (κ1) is 14.5. The Morgan fingerprint density at radius 1 is 1.26 bits per heavy atom. The van der Waals surface area contributed by atoms with Crippen molar-refractivity contribution in [2.24, 2.45) is 5.92 Å². The zero-order chi connectivity index (χ0) is 13.5. The minimum atomic E-state index is -0.286. The van der Waals surface area contributed by atoms with Crippen LogP contribution in [0.25, 0.3) is 0 Å². The topological polar surface area (TPSA) is 52.9 Å². The van der Waals surface area contributed by atoms with Crippen molar-refractivity contribution in [3.8, 4) is 0 Å². The smallest absolute Gasteiger partial charge is 0.0624 e. The van der Waals surface area contributed by atoms with Crippen LogP contribution in [0.2, 0.25) is 0 Å². The van der Waals surface area contributed by atoms with Crippen LogP contribution in [0.1, 0.15) is 12.0 Å². The molecule has 0 saturated carbocycles. The van der Waals surface area contributed by atoms with Gasteiger partial charge in [-0.2, -0.15) is 0 Å². The van der Waals surface area contributed by atoms with Crippen LogP contribution in [-0.4, -0.2) is 54.1 Å². The van der Waals surface area contributed by atoms with Crippen molar-refractivity contribution < 1.29 is 14.9 Å². The van der Waals surface area contributed by atoms with Crippen LogP contribution in [0.5, 0.6) is 0 Å². The highest BCUT2D eigenvalue weighted by molar-refractivity contribution is 5.14. The minimum absolute atomic E-state index is 0.135. The molecular formula is C15H23NO3. The molecule has 1 aromatic rings. The average molecular weight is 265 g/mol. The predicted molar refractivity (Wildman–Crippen MR) is 73.7 cm³/mol. The first-order chi connectivity index (χ1) is 9.29. The van der Waals surface area contributed by atoms with E-state index in [1.165, 1.54) is 5.56 Å². The van der Waals surface area contributed by atoms with Crippen LogP contribution in [-0.2, 0) is 11.3 Å². The van der Waals surface area contributed by atoms with E-state index in [0.29, 0.717) is 26.2 Å². The normalized spacial score (nSPS) is 23.7. The van der Waals surface area contributed by atoms with Gasteiger partial charge in [0.05, 0.1) is 19.3 Å². The number of hydrogen-bond acceptors (Lipinski definition) is 4. The Hall–Kier alpha value is -0.940. The lowest BCUT2D eigenvalue weighted by atomic mass is 9.98. The standard InChI is InChI=1S/C15H23NO3/c17-8-7-16(10-13-4-2-1-3-5-13)11-14-12-19-9-6-15(14)18/h1-5,14-15,17-18H,6-12H2. The van der Waals surface area contributed by atoms with E-state index in [9.17, 15) is 10.2 Å². The number of aliphatic hydroxyl groups excluding tert-OH is 2. The summed E-state index contributed by atoms with van der Waals surface area (Å²) in [4.78, 5) is 2.18. The molecule has 0 amide bonds. The monoisotopic (exact) mass is 265 g/mol. The molecule has 2 N–H and O–H groups in total. The lowest BCUT2D eigenvalue weighted by Crippen LogP contribution is -2.41. The van der Waals surface area contributed by atoms with Crippen LogP contribution in [0, 0.1) is 5.92 Å². The van der Waals surface area contributed by atoms with Gasteiger partial charge in [0.2, 0.25) is 0 Å². The summed E-state index contributed by atoms with van der Waals surface area (Å²) in [5, 5.41) is 19.2. The summed E-state index contributed by atoms with van der Waals surface area (Å²) in [7, 11) is 0. The van der Waals surface area contributed by atoms with Crippen LogP contribution >= 0.6 is 0 Å². The Morgan fingerprint density at radius 2 is 2.05 bits per heavy atom. The van der Waals surface area contributed by atoms with Gasteiger partial charge in [-0.25, -0.2) is 0 Å². The van der Waals surface area contributed by atoms with Crippen LogP contribution in [0.15, 0.2) is 30.3 Å². The van der Waals surface area contributed by atoms with E-state index in [4.69, 9.17) is 4.74 Å². The summed E-state index contributed by atoms with van der Waals surface area (Å²) in [6.45, 7) is 3.57. The van der Waals surface area contributed by atoms with Crippen molar-refractivity contribution in [1.82, 2.24) is 4.90 Å². The molecule has 1 saturated heterocycles. The largest absolute Gasteiger partial charge is 0.395 e. The number of hydrogen-bond donors (Lipinski definition) is 2. The fraction of sp³-hybridized carbons (Fsp3) is 0.600. The Labute approximate surface area is 114 Å². The summed E-state index contributed by atoms with van der Waals surface area (Å²) in [6, 6.07) is 10.2. The third kappa shape index (κ3) is 4.58. The molecule has 2 rings (SSSR count). The molecule has 19 heavy (non-hydrogen) atoms. The van der Waals surface area contributed by atoms with Crippen molar-refractivity contribution >= 4 is 0 Å². The van der Waals surface area contributed by atoms with Crippen molar-refractivity contribution in [2.75, 3.05) is 32.9 Å². The third-order valence-electron chi connectivity index (χ3n) is 3.59. The Balaban J connectivity index is 1.91. The van der Waals surface area contributed by atoms with Crippen molar-refractivity contribution in [3.63, 3.8) is 0 Å². The van der Waals surface area contributed by atoms with E-state index in [1.54, 1.807) is 0 Å². The van der Waals surface area contributed by atoms with Crippen LogP contribution < -0.4 is 0 Å². The molecule has 0 radical (unpaired) electrons. The highest BCUT2D eigenvalue weighted by atomic mass is 16.5. The van der Waals surface area contributed by atoms with Crippen molar-refractivity contribution in [2.45, 2.75) is 19.1 Å². The van der Waals surface area contributed by atoms with E-state index in [0.717, 1.165) is 13.1 Å². The maximum absolute atomic E-state index is 9.98. The van der Waals surface area contributed by atoms with E-state index in [-0.39, 0.29) is 18.6 Å². The van der Waals surface area contributed by atoms with Crippen LogP contribution in [0.4, 0.5) is 0 Å². The number of rotatable bonds is 6. The lowest BCUT2D eigenvalue weighted by molar-refractivity contribution is -0.0484. The van der Waals surface area contributed by atoms with Gasteiger partial charge in [0.25, 0.3) is 0 Å². The molecule has 0 bridgehead atoms. The predicted octanol–water partition coefficient (Wildman–Crippen LogP) is 0.878. The second kappa shape index (κ2) is 7.60. The molecule has 0 aromatic heterocycles. The van der Waals surface area contributed by atoms with Crippen molar-refractivity contribution in [1.29, 1.82) is 0 Å². The minimum Gasteiger partial charge on any atom is -0.395 e. The van der Waals surface area contributed by atoms with Gasteiger partial charge >= 0.3 is 0 Å². The fourth-order valence-corrected chi connectivity index (χ4v) is 2.51. The van der Waals surface area contributed by atoms with Crippen molar-refractivity contribution in [3.05, 3.63) is 35.9 Å². The summed E-state index contributed by atoms with van der Waals surface area (Å²) >= 11 is 0. The second-order valence-electron chi connectivity index (χ2n) is 5.14. The number of nitrogens with zero attached hydrogens (tertiary/aromatic N) is 1. The molecule has 106 valence electrons. The maximum atomic E-state index is 9.98. The molecule has 1 fully saturated rings. The molecule has 1 heterocycles. The SMILES string of the molecule is OCCN(Cc1ccccc1)CC1COCCC1O. The summed E-state index contributed by atoms with van der Waals surface area (Å²) in [5.41, 5.74) is 1.22. The highest BCUT2D eigenvalue weighted by Crippen LogP contribution is 2.17. The molecular weight excluding hydrogens is 242 g/mol. The molecule has 0 aliphatic carbocycles. The van der Waals surface area contributed by atoms with Gasteiger partial charge in [-0.15, -0.1) is 0 Å². The third-order valence-corrected chi connectivity index (χ3v) is 3.59. The molecule has 0 spiro atoms. The molecule has 1 aliphatic rings. The molecule has 4 heteroatoms. The summed E-state index contributed by atoms with van der Waals surface area (Å²) in [6.07, 6.45) is 0.425. The van der Waals surface area contributed by atoms with E-state index < -0.39 is 0 Å². The van der Waals surface area contributed by atoms with Gasteiger partial charge in [-0.1, -0.05) is 30.3 Å². The van der Waals surface area contributed by atoms with Gasteiger partial charge < -0.3 is 14.9 Å². The highest BCUT2D eigenvalue weighted by Gasteiger charge is 2.25. The number of ether oxygens (including phenoxy) is 1. The maximum Gasteiger partial charge on any atom is 0.0624 e.